The number of halogens is 1. The maximum Gasteiger partial charge on any atom is 0.249 e. The van der Waals surface area contributed by atoms with Gasteiger partial charge in [-0.05, 0) is 44.9 Å². The van der Waals surface area contributed by atoms with Crippen molar-refractivity contribution < 1.29 is 14.3 Å². The molecule has 0 spiro atoms. The lowest BCUT2D eigenvalue weighted by molar-refractivity contribution is -0.133. The van der Waals surface area contributed by atoms with Crippen molar-refractivity contribution in [3.8, 4) is 0 Å². The highest BCUT2D eigenvalue weighted by atomic mass is 79.9. The number of ether oxygens (including phenoxy) is 2. The van der Waals surface area contributed by atoms with E-state index in [0.717, 1.165) is 10.9 Å². The second-order valence-electron chi connectivity index (χ2n) is 4.95. The van der Waals surface area contributed by atoms with Crippen LogP contribution in [-0.4, -0.2) is 37.9 Å². The van der Waals surface area contributed by atoms with Crippen LogP contribution in [0.1, 0.15) is 26.3 Å². The number of carbonyl (C=O) groups is 1. The van der Waals surface area contributed by atoms with E-state index in [1.54, 1.807) is 6.92 Å². The van der Waals surface area contributed by atoms with Crippen molar-refractivity contribution >= 4 is 21.8 Å². The van der Waals surface area contributed by atoms with Crippen LogP contribution in [0, 0.1) is 0 Å². The number of benzene rings is 1. The molecule has 0 heterocycles. The van der Waals surface area contributed by atoms with Crippen molar-refractivity contribution in [1.29, 1.82) is 0 Å². The lowest BCUT2D eigenvalue weighted by Crippen LogP contribution is -2.41. The summed E-state index contributed by atoms with van der Waals surface area (Å²) < 4.78 is 11.7. The first-order valence-electron chi connectivity index (χ1n) is 7.27. The minimum absolute atomic E-state index is 0.0663. The highest BCUT2D eigenvalue weighted by Gasteiger charge is 2.15. The van der Waals surface area contributed by atoms with Gasteiger partial charge in [0.2, 0.25) is 5.91 Å². The molecule has 0 saturated heterocycles. The second kappa shape index (κ2) is 9.92. The van der Waals surface area contributed by atoms with Crippen LogP contribution in [0.25, 0.3) is 0 Å². The van der Waals surface area contributed by atoms with Crippen LogP contribution in [0.3, 0.4) is 0 Å². The van der Waals surface area contributed by atoms with Crippen molar-refractivity contribution in [2.75, 3.05) is 19.8 Å². The van der Waals surface area contributed by atoms with E-state index in [4.69, 9.17) is 9.47 Å². The van der Waals surface area contributed by atoms with Gasteiger partial charge >= 0.3 is 0 Å². The van der Waals surface area contributed by atoms with Crippen molar-refractivity contribution in [3.63, 3.8) is 0 Å². The van der Waals surface area contributed by atoms with E-state index in [1.807, 2.05) is 26.0 Å². The first-order valence-corrected chi connectivity index (χ1v) is 8.06. The van der Waals surface area contributed by atoms with Gasteiger partial charge in [0.15, 0.2) is 0 Å². The molecule has 21 heavy (non-hydrogen) atoms. The van der Waals surface area contributed by atoms with Crippen LogP contribution < -0.4 is 5.32 Å². The fraction of sp³-hybridized carbons (Fsp3) is 0.562. The summed E-state index contributed by atoms with van der Waals surface area (Å²) in [4.78, 5) is 12.0. The number of amides is 1. The standard InChI is InChI=1S/C16H24BrNO3/c1-4-20-9-10-21-13(3)16(19)18-12(2)11-14-5-7-15(17)8-6-14/h5-8,12-13H,4,9-11H2,1-3H3,(H,18,19)/t12-,13+/m1/s1. The van der Waals surface area contributed by atoms with Gasteiger partial charge in [-0.1, -0.05) is 28.1 Å². The largest absolute Gasteiger partial charge is 0.379 e. The van der Waals surface area contributed by atoms with E-state index < -0.39 is 6.10 Å². The summed E-state index contributed by atoms with van der Waals surface area (Å²) in [6.45, 7) is 7.29. The zero-order chi connectivity index (χ0) is 15.7. The van der Waals surface area contributed by atoms with E-state index in [2.05, 4.69) is 33.4 Å². The van der Waals surface area contributed by atoms with Crippen LogP contribution in [0.2, 0.25) is 0 Å². The van der Waals surface area contributed by atoms with E-state index in [9.17, 15) is 4.79 Å². The summed E-state index contributed by atoms with van der Waals surface area (Å²) >= 11 is 3.41. The van der Waals surface area contributed by atoms with Crippen molar-refractivity contribution in [2.24, 2.45) is 0 Å². The van der Waals surface area contributed by atoms with Gasteiger partial charge < -0.3 is 14.8 Å². The number of nitrogens with one attached hydrogen (secondary N) is 1. The second-order valence-corrected chi connectivity index (χ2v) is 5.87. The molecular weight excluding hydrogens is 334 g/mol. The van der Waals surface area contributed by atoms with Gasteiger partial charge in [-0.3, -0.25) is 4.79 Å². The predicted octanol–water partition coefficient (Wildman–Crippen LogP) is 2.94. The van der Waals surface area contributed by atoms with Crippen LogP contribution in [0.15, 0.2) is 28.7 Å². The molecule has 0 aliphatic carbocycles. The molecule has 2 atom stereocenters. The van der Waals surface area contributed by atoms with Crippen molar-refractivity contribution in [1.82, 2.24) is 5.32 Å². The van der Waals surface area contributed by atoms with Crippen molar-refractivity contribution in [2.45, 2.75) is 39.3 Å². The van der Waals surface area contributed by atoms with Crippen molar-refractivity contribution in [3.05, 3.63) is 34.3 Å². The van der Waals surface area contributed by atoms with E-state index in [-0.39, 0.29) is 11.9 Å². The summed E-state index contributed by atoms with van der Waals surface area (Å²) in [6.07, 6.45) is 0.336. The number of carbonyl (C=O) groups excluding carboxylic acids is 1. The molecule has 1 aromatic carbocycles. The molecule has 1 rings (SSSR count). The summed E-state index contributed by atoms with van der Waals surface area (Å²) in [5.74, 6) is -0.0869. The summed E-state index contributed by atoms with van der Waals surface area (Å²) in [5.41, 5.74) is 1.19. The molecule has 118 valence electrons. The first kappa shape index (κ1) is 18.1. The molecule has 0 unspecified atom stereocenters. The Bertz CT molecular complexity index is 422. The van der Waals surface area contributed by atoms with Crippen LogP contribution in [0.5, 0.6) is 0 Å². The lowest BCUT2D eigenvalue weighted by Gasteiger charge is -2.18. The SMILES string of the molecule is CCOCCO[C@@H](C)C(=O)N[C@H](C)Cc1ccc(Br)cc1. The fourth-order valence-electron chi connectivity index (χ4n) is 1.89. The lowest BCUT2D eigenvalue weighted by atomic mass is 10.1. The van der Waals surface area contributed by atoms with Gasteiger partial charge in [0, 0.05) is 17.1 Å². The summed E-state index contributed by atoms with van der Waals surface area (Å²) in [7, 11) is 0. The van der Waals surface area contributed by atoms with Gasteiger partial charge in [-0.15, -0.1) is 0 Å². The number of rotatable bonds is 9. The molecule has 5 heteroatoms. The first-order chi connectivity index (χ1) is 10.0. The van der Waals surface area contributed by atoms with Gasteiger partial charge in [0.1, 0.15) is 6.10 Å². The molecule has 4 nitrogen and oxygen atoms in total. The maximum absolute atomic E-state index is 12.0. The molecule has 0 bridgehead atoms. The molecule has 0 aliphatic rings. The van der Waals surface area contributed by atoms with E-state index >= 15 is 0 Å². The Kier molecular flexibility index (Phi) is 8.57. The third-order valence-corrected chi connectivity index (χ3v) is 3.54. The Morgan fingerprint density at radius 2 is 1.90 bits per heavy atom. The number of hydrogen-bond donors (Lipinski definition) is 1. The Morgan fingerprint density at radius 1 is 1.24 bits per heavy atom. The number of hydrogen-bond acceptors (Lipinski definition) is 3. The van der Waals surface area contributed by atoms with E-state index in [1.165, 1.54) is 5.56 Å². The predicted molar refractivity (Wildman–Crippen MR) is 87.4 cm³/mol. The van der Waals surface area contributed by atoms with Crippen LogP contribution in [0.4, 0.5) is 0 Å². The Hall–Kier alpha value is -0.910. The van der Waals surface area contributed by atoms with Crippen LogP contribution >= 0.6 is 15.9 Å². The summed E-state index contributed by atoms with van der Waals surface area (Å²) in [6, 6.07) is 8.17. The smallest absolute Gasteiger partial charge is 0.249 e. The molecular formula is C16H24BrNO3. The third-order valence-electron chi connectivity index (χ3n) is 3.01. The van der Waals surface area contributed by atoms with Gasteiger partial charge in [0.05, 0.1) is 13.2 Å². The highest BCUT2D eigenvalue weighted by Crippen LogP contribution is 2.12. The Morgan fingerprint density at radius 3 is 2.52 bits per heavy atom. The Balaban J connectivity index is 2.30. The maximum atomic E-state index is 12.0. The quantitative estimate of drug-likeness (QED) is 0.691. The monoisotopic (exact) mass is 357 g/mol. The van der Waals surface area contributed by atoms with Gasteiger partial charge in [-0.25, -0.2) is 0 Å². The molecule has 1 N–H and O–H groups in total. The molecule has 0 radical (unpaired) electrons. The van der Waals surface area contributed by atoms with Gasteiger partial charge in [-0.2, -0.15) is 0 Å². The molecule has 0 aliphatic heterocycles. The molecule has 1 amide bonds. The minimum atomic E-state index is -0.460. The molecule has 0 aromatic heterocycles. The third kappa shape index (κ3) is 7.60. The Labute approximate surface area is 135 Å². The normalized spacial score (nSPS) is 13.7. The molecule has 0 saturated carbocycles. The zero-order valence-electron chi connectivity index (χ0n) is 12.9. The van der Waals surface area contributed by atoms with Gasteiger partial charge in [0.25, 0.3) is 0 Å². The summed E-state index contributed by atoms with van der Waals surface area (Å²) in [5, 5.41) is 2.97. The van der Waals surface area contributed by atoms with E-state index in [0.29, 0.717) is 19.8 Å². The zero-order valence-corrected chi connectivity index (χ0v) is 14.5. The fourth-order valence-corrected chi connectivity index (χ4v) is 2.15. The molecule has 1 aromatic rings. The topological polar surface area (TPSA) is 47.6 Å². The highest BCUT2D eigenvalue weighted by molar-refractivity contribution is 9.10. The average molecular weight is 358 g/mol. The average Bonchev–Trinajstić information content (AvgIpc) is 2.45. The molecule has 0 fully saturated rings. The van der Waals surface area contributed by atoms with Crippen LogP contribution in [-0.2, 0) is 20.7 Å². The minimum Gasteiger partial charge on any atom is -0.379 e.